The minimum absolute atomic E-state index is 0.0857. The van der Waals surface area contributed by atoms with Crippen LogP contribution in [-0.2, 0) is 9.84 Å². The summed E-state index contributed by atoms with van der Waals surface area (Å²) in [4.78, 5) is 12.0. The van der Waals surface area contributed by atoms with Crippen LogP contribution >= 0.6 is 0 Å². The van der Waals surface area contributed by atoms with Crippen molar-refractivity contribution in [1.29, 1.82) is 0 Å². The van der Waals surface area contributed by atoms with Gasteiger partial charge in [0.2, 0.25) is 0 Å². The van der Waals surface area contributed by atoms with Gasteiger partial charge < -0.3 is 10.5 Å². The summed E-state index contributed by atoms with van der Waals surface area (Å²) < 4.78 is 27.5. The molecule has 0 spiro atoms. The molecule has 0 radical (unpaired) electrons. The van der Waals surface area contributed by atoms with E-state index in [-0.39, 0.29) is 18.0 Å². The van der Waals surface area contributed by atoms with Gasteiger partial charge in [-0.2, -0.15) is 0 Å². The van der Waals surface area contributed by atoms with Gasteiger partial charge in [0.1, 0.15) is 15.6 Å². The molecular formula is C14H21NO4S. The van der Waals surface area contributed by atoms with E-state index in [1.165, 1.54) is 0 Å². The molecule has 0 heterocycles. The fourth-order valence-corrected chi connectivity index (χ4v) is 2.30. The Bertz CT molecular complexity index is 537. The summed E-state index contributed by atoms with van der Waals surface area (Å²) in [7, 11) is -3.10. The summed E-state index contributed by atoms with van der Waals surface area (Å²) in [6.45, 7) is 2.64. The predicted octanol–water partition coefficient (Wildman–Crippen LogP) is 1.42. The summed E-state index contributed by atoms with van der Waals surface area (Å²) in [6, 6.07) is 5.92. The molecule has 1 atom stereocenters. The predicted molar refractivity (Wildman–Crippen MR) is 78.9 cm³/mol. The maximum Gasteiger partial charge on any atom is 0.179 e. The third kappa shape index (κ3) is 5.71. The van der Waals surface area contributed by atoms with Gasteiger partial charge in [-0.25, -0.2) is 8.42 Å². The van der Waals surface area contributed by atoms with Gasteiger partial charge in [-0.15, -0.1) is 0 Å². The average molecular weight is 299 g/mol. The molecular weight excluding hydrogens is 278 g/mol. The number of Topliss-reactive ketones (excluding diaryl/α,β-unsaturated/α-hetero) is 1. The third-order valence-corrected chi connectivity index (χ3v) is 3.73. The Balaban J connectivity index is 2.62. The van der Waals surface area contributed by atoms with Gasteiger partial charge in [-0.05, 0) is 37.1 Å². The molecule has 0 amide bonds. The molecule has 0 aliphatic heterocycles. The zero-order valence-corrected chi connectivity index (χ0v) is 12.7. The van der Waals surface area contributed by atoms with Crippen LogP contribution in [-0.4, -0.2) is 38.9 Å². The van der Waals surface area contributed by atoms with Crippen molar-refractivity contribution in [3.63, 3.8) is 0 Å². The zero-order valence-electron chi connectivity index (χ0n) is 11.8. The average Bonchev–Trinajstić information content (AvgIpc) is 2.41. The Labute approximate surface area is 120 Å². The van der Waals surface area contributed by atoms with Gasteiger partial charge >= 0.3 is 0 Å². The molecule has 0 aliphatic rings. The number of carbonyl (C=O) groups excluding carboxylic acids is 1. The molecule has 1 unspecified atom stereocenters. The Morgan fingerprint density at radius 3 is 2.40 bits per heavy atom. The monoisotopic (exact) mass is 299 g/mol. The van der Waals surface area contributed by atoms with Gasteiger partial charge in [-0.3, -0.25) is 4.79 Å². The highest BCUT2D eigenvalue weighted by atomic mass is 32.2. The summed E-state index contributed by atoms with van der Waals surface area (Å²) in [5.41, 5.74) is 6.20. The zero-order chi connectivity index (χ0) is 15.2. The highest BCUT2D eigenvalue weighted by Crippen LogP contribution is 2.14. The van der Waals surface area contributed by atoms with Crippen LogP contribution in [0.5, 0.6) is 5.75 Å². The Morgan fingerprint density at radius 1 is 1.30 bits per heavy atom. The lowest BCUT2D eigenvalue weighted by Crippen LogP contribution is -2.32. The van der Waals surface area contributed by atoms with E-state index in [1.807, 2.05) is 6.92 Å². The topological polar surface area (TPSA) is 86.5 Å². The van der Waals surface area contributed by atoms with Gasteiger partial charge in [0.05, 0.1) is 18.4 Å². The van der Waals surface area contributed by atoms with E-state index in [4.69, 9.17) is 10.5 Å². The highest BCUT2D eigenvalue weighted by Gasteiger charge is 2.17. The molecule has 112 valence electrons. The first kappa shape index (κ1) is 16.7. The van der Waals surface area contributed by atoms with Crippen molar-refractivity contribution in [3.05, 3.63) is 29.8 Å². The SMILES string of the molecule is CCCOc1ccc(C(=O)C(N)CCS(C)(=O)=O)cc1. The molecule has 0 saturated heterocycles. The number of ketones is 1. The van der Waals surface area contributed by atoms with Gasteiger partial charge in [0, 0.05) is 11.8 Å². The molecule has 0 fully saturated rings. The molecule has 2 N–H and O–H groups in total. The summed E-state index contributed by atoms with van der Waals surface area (Å²) in [6.07, 6.45) is 2.17. The number of hydrogen-bond acceptors (Lipinski definition) is 5. The number of ether oxygens (including phenoxy) is 1. The number of hydrogen-bond donors (Lipinski definition) is 1. The van der Waals surface area contributed by atoms with Crippen molar-refractivity contribution < 1.29 is 17.9 Å². The summed E-state index contributed by atoms with van der Waals surface area (Å²) in [5.74, 6) is 0.362. The van der Waals surface area contributed by atoms with E-state index in [9.17, 15) is 13.2 Å². The molecule has 20 heavy (non-hydrogen) atoms. The van der Waals surface area contributed by atoms with Crippen LogP contribution in [0.3, 0.4) is 0 Å². The number of carbonyl (C=O) groups is 1. The van der Waals surface area contributed by atoms with Crippen molar-refractivity contribution in [2.75, 3.05) is 18.6 Å². The van der Waals surface area contributed by atoms with Gasteiger partial charge in [0.25, 0.3) is 0 Å². The van der Waals surface area contributed by atoms with Gasteiger partial charge in [0.15, 0.2) is 5.78 Å². The minimum atomic E-state index is -3.10. The van der Waals surface area contributed by atoms with Crippen LogP contribution in [0.4, 0.5) is 0 Å². The maximum absolute atomic E-state index is 12.0. The van der Waals surface area contributed by atoms with E-state index in [0.717, 1.165) is 12.7 Å². The smallest absolute Gasteiger partial charge is 0.179 e. The van der Waals surface area contributed by atoms with Crippen LogP contribution in [0.15, 0.2) is 24.3 Å². The fourth-order valence-electron chi connectivity index (χ4n) is 1.62. The lowest BCUT2D eigenvalue weighted by atomic mass is 10.0. The number of rotatable bonds is 8. The quantitative estimate of drug-likeness (QED) is 0.734. The number of nitrogens with two attached hydrogens (primary N) is 1. The molecule has 0 bridgehead atoms. The summed E-state index contributed by atoms with van der Waals surface area (Å²) in [5, 5.41) is 0. The molecule has 1 aromatic carbocycles. The summed E-state index contributed by atoms with van der Waals surface area (Å²) >= 11 is 0. The normalized spacial score (nSPS) is 12.9. The first-order chi connectivity index (χ1) is 9.33. The standard InChI is InChI=1S/C14H21NO4S/c1-3-9-19-12-6-4-11(5-7-12)14(16)13(15)8-10-20(2,17)18/h4-7,13H,3,8-10,15H2,1-2H3. The first-order valence-electron chi connectivity index (χ1n) is 6.54. The van der Waals surface area contributed by atoms with Crippen LogP contribution in [0.25, 0.3) is 0 Å². The molecule has 5 nitrogen and oxygen atoms in total. The van der Waals surface area contributed by atoms with Crippen molar-refractivity contribution in [1.82, 2.24) is 0 Å². The van der Waals surface area contributed by atoms with Crippen molar-refractivity contribution >= 4 is 15.6 Å². The molecule has 1 aromatic rings. The van der Waals surface area contributed by atoms with Crippen LogP contribution in [0.2, 0.25) is 0 Å². The van der Waals surface area contributed by atoms with E-state index in [1.54, 1.807) is 24.3 Å². The van der Waals surface area contributed by atoms with E-state index in [2.05, 4.69) is 0 Å². The molecule has 0 aromatic heterocycles. The largest absolute Gasteiger partial charge is 0.494 e. The van der Waals surface area contributed by atoms with Gasteiger partial charge in [-0.1, -0.05) is 6.92 Å². The first-order valence-corrected chi connectivity index (χ1v) is 8.60. The Hall–Kier alpha value is -1.40. The lowest BCUT2D eigenvalue weighted by Gasteiger charge is -2.10. The van der Waals surface area contributed by atoms with E-state index in [0.29, 0.717) is 17.9 Å². The van der Waals surface area contributed by atoms with E-state index >= 15 is 0 Å². The second kappa shape index (κ2) is 7.40. The molecule has 1 rings (SSSR count). The lowest BCUT2D eigenvalue weighted by molar-refractivity contribution is 0.0960. The van der Waals surface area contributed by atoms with Crippen LogP contribution in [0.1, 0.15) is 30.1 Å². The second-order valence-corrected chi connectivity index (χ2v) is 7.02. The molecule has 6 heteroatoms. The van der Waals surface area contributed by atoms with Crippen molar-refractivity contribution in [3.8, 4) is 5.75 Å². The van der Waals surface area contributed by atoms with E-state index < -0.39 is 15.9 Å². The number of sulfone groups is 1. The van der Waals surface area contributed by atoms with Crippen LogP contribution < -0.4 is 10.5 Å². The van der Waals surface area contributed by atoms with Crippen LogP contribution in [0, 0.1) is 0 Å². The number of benzene rings is 1. The van der Waals surface area contributed by atoms with Crippen molar-refractivity contribution in [2.24, 2.45) is 5.73 Å². The highest BCUT2D eigenvalue weighted by molar-refractivity contribution is 7.90. The molecule has 0 saturated carbocycles. The minimum Gasteiger partial charge on any atom is -0.494 e. The second-order valence-electron chi connectivity index (χ2n) is 4.76. The third-order valence-electron chi connectivity index (χ3n) is 2.75. The fraction of sp³-hybridized carbons (Fsp3) is 0.500. The van der Waals surface area contributed by atoms with Crippen molar-refractivity contribution in [2.45, 2.75) is 25.8 Å². The molecule has 0 aliphatic carbocycles. The Morgan fingerprint density at radius 2 is 1.90 bits per heavy atom. The maximum atomic E-state index is 12.0. The Kier molecular flexibility index (Phi) is 6.16.